The molecule has 1 aliphatic heterocycles. The molecular weight excluding hydrogens is 398 g/mol. The molecule has 1 atom stereocenters. The van der Waals surface area contributed by atoms with Gasteiger partial charge in [0.05, 0.1) is 23.2 Å². The second-order valence-electron chi connectivity index (χ2n) is 5.20. The quantitative estimate of drug-likeness (QED) is 0.551. The zero-order valence-corrected chi connectivity index (χ0v) is 15.4. The van der Waals surface area contributed by atoms with Crippen molar-refractivity contribution in [1.29, 1.82) is 0 Å². The molecule has 2 rings (SSSR count). The minimum absolute atomic E-state index is 0.0777. The fraction of sp³-hybridized carbons (Fsp3) is 0.333. The Morgan fingerprint density at radius 2 is 2.29 bits per heavy atom. The van der Waals surface area contributed by atoms with Gasteiger partial charge in [0.2, 0.25) is 5.91 Å². The second kappa shape index (κ2) is 8.29. The number of rotatable bonds is 6. The number of amidine groups is 1. The van der Waals surface area contributed by atoms with E-state index >= 15 is 0 Å². The maximum atomic E-state index is 11.6. The first-order chi connectivity index (χ1) is 11.3. The van der Waals surface area contributed by atoms with Crippen molar-refractivity contribution >= 4 is 51.0 Å². The highest BCUT2D eigenvalue weighted by atomic mass is 79.9. The number of nitrogens with one attached hydrogen (secondary N) is 1. The van der Waals surface area contributed by atoms with Gasteiger partial charge in [-0.15, -0.1) is 5.10 Å². The van der Waals surface area contributed by atoms with Crippen molar-refractivity contribution in [2.45, 2.75) is 31.6 Å². The lowest BCUT2D eigenvalue weighted by Crippen LogP contribution is -2.26. The Kier molecular flexibility index (Phi) is 6.38. The molecule has 0 aromatic heterocycles. The topological polar surface area (TPSA) is 100 Å². The van der Waals surface area contributed by atoms with Gasteiger partial charge in [-0.25, -0.2) is 0 Å². The van der Waals surface area contributed by atoms with Crippen LogP contribution in [0, 0.1) is 0 Å². The normalized spacial score (nSPS) is 19.2. The molecule has 0 radical (unpaired) electrons. The fourth-order valence-electron chi connectivity index (χ4n) is 1.84. The third-order valence-corrected chi connectivity index (χ3v) is 4.50. The number of carbonyl (C=O) groups is 2. The molecule has 9 heteroatoms. The number of nitrogens with zero attached hydrogens (tertiary/aromatic N) is 2. The van der Waals surface area contributed by atoms with E-state index in [0.29, 0.717) is 5.17 Å². The molecule has 1 aromatic carbocycles. The zero-order valence-electron chi connectivity index (χ0n) is 13.0. The minimum Gasteiger partial charge on any atom is -0.490 e. The average Bonchev–Trinajstić information content (AvgIpc) is 2.81. The van der Waals surface area contributed by atoms with Crippen molar-refractivity contribution in [3.05, 3.63) is 28.2 Å². The molecule has 1 aliphatic rings. The van der Waals surface area contributed by atoms with E-state index in [4.69, 9.17) is 9.84 Å². The van der Waals surface area contributed by atoms with Crippen LogP contribution < -0.4 is 10.1 Å². The summed E-state index contributed by atoms with van der Waals surface area (Å²) < 4.78 is 6.43. The number of amides is 1. The number of hydrogen-bond acceptors (Lipinski definition) is 6. The molecule has 24 heavy (non-hydrogen) atoms. The van der Waals surface area contributed by atoms with Crippen LogP contribution in [0.3, 0.4) is 0 Å². The maximum Gasteiger partial charge on any atom is 0.305 e. The Labute approximate surface area is 151 Å². The maximum absolute atomic E-state index is 11.6. The summed E-state index contributed by atoms with van der Waals surface area (Å²) in [7, 11) is 0. The smallest absolute Gasteiger partial charge is 0.305 e. The standard InChI is InChI=1S/C15H16BrN3O4S/c1-8(2)23-11-4-3-9(5-10(11)16)7-17-19-15-18-14(22)12(24-15)6-13(20)21/h3-5,7-8,12H,6H2,1-2H3,(H,20,21)(H,18,19,22). The highest BCUT2D eigenvalue weighted by molar-refractivity contribution is 9.10. The molecule has 1 fully saturated rings. The second-order valence-corrected chi connectivity index (χ2v) is 7.25. The van der Waals surface area contributed by atoms with Crippen LogP contribution in [0.25, 0.3) is 0 Å². The number of carbonyl (C=O) groups excluding carboxylic acids is 1. The number of aliphatic carboxylic acids is 1. The summed E-state index contributed by atoms with van der Waals surface area (Å²) in [6, 6.07) is 5.50. The van der Waals surface area contributed by atoms with Gasteiger partial charge in [-0.1, -0.05) is 11.8 Å². The van der Waals surface area contributed by atoms with E-state index in [9.17, 15) is 9.59 Å². The summed E-state index contributed by atoms with van der Waals surface area (Å²) in [4.78, 5) is 22.2. The Morgan fingerprint density at radius 1 is 1.54 bits per heavy atom. The van der Waals surface area contributed by atoms with Crippen molar-refractivity contribution in [2.75, 3.05) is 0 Å². The van der Waals surface area contributed by atoms with Crippen molar-refractivity contribution in [3.63, 3.8) is 0 Å². The van der Waals surface area contributed by atoms with E-state index in [0.717, 1.165) is 27.5 Å². The third-order valence-electron chi connectivity index (χ3n) is 2.81. The largest absolute Gasteiger partial charge is 0.490 e. The van der Waals surface area contributed by atoms with Gasteiger partial charge in [0.1, 0.15) is 11.0 Å². The molecule has 128 valence electrons. The Bertz CT molecular complexity index is 706. The highest BCUT2D eigenvalue weighted by Gasteiger charge is 2.32. The van der Waals surface area contributed by atoms with Crippen molar-refractivity contribution in [3.8, 4) is 5.75 Å². The number of thioether (sulfide) groups is 1. The lowest BCUT2D eigenvalue weighted by atomic mass is 10.2. The van der Waals surface area contributed by atoms with Crippen LogP contribution >= 0.6 is 27.7 Å². The SMILES string of the molecule is CC(C)Oc1ccc(C=NN=C2NC(=O)C(CC(=O)O)S2)cc1Br. The van der Waals surface area contributed by atoms with Gasteiger partial charge in [-0.3, -0.25) is 9.59 Å². The van der Waals surface area contributed by atoms with E-state index in [1.807, 2.05) is 32.0 Å². The number of ether oxygens (including phenoxy) is 1. The fourth-order valence-corrected chi connectivity index (χ4v) is 3.25. The van der Waals surface area contributed by atoms with Gasteiger partial charge in [0.15, 0.2) is 5.17 Å². The number of benzene rings is 1. The van der Waals surface area contributed by atoms with Crippen LogP contribution in [0.1, 0.15) is 25.8 Å². The summed E-state index contributed by atoms with van der Waals surface area (Å²) in [5, 5.41) is 18.7. The Morgan fingerprint density at radius 3 is 2.92 bits per heavy atom. The van der Waals surface area contributed by atoms with Gasteiger partial charge in [0.25, 0.3) is 0 Å². The summed E-state index contributed by atoms with van der Waals surface area (Å²) in [5.41, 5.74) is 0.804. The van der Waals surface area contributed by atoms with E-state index in [2.05, 4.69) is 31.4 Å². The van der Waals surface area contributed by atoms with Crippen LogP contribution in [0.15, 0.2) is 32.9 Å². The van der Waals surface area contributed by atoms with Crippen LogP contribution in [-0.2, 0) is 9.59 Å². The van der Waals surface area contributed by atoms with Gasteiger partial charge >= 0.3 is 5.97 Å². The minimum atomic E-state index is -1.03. The molecule has 1 amide bonds. The van der Waals surface area contributed by atoms with Crippen molar-refractivity contribution < 1.29 is 19.4 Å². The summed E-state index contributed by atoms with van der Waals surface area (Å²) in [6.45, 7) is 3.90. The molecule has 0 spiro atoms. The van der Waals surface area contributed by atoms with E-state index in [-0.39, 0.29) is 18.4 Å². The Balaban J connectivity index is 2.00. The van der Waals surface area contributed by atoms with Gasteiger partial charge in [-0.05, 0) is 53.5 Å². The third kappa shape index (κ3) is 5.34. The molecule has 1 aromatic rings. The zero-order chi connectivity index (χ0) is 17.7. The Hall–Kier alpha value is -1.87. The first-order valence-corrected chi connectivity index (χ1v) is 8.79. The van der Waals surface area contributed by atoms with Gasteiger partial charge in [0, 0.05) is 0 Å². The van der Waals surface area contributed by atoms with Crippen LogP contribution in [-0.4, -0.2) is 39.7 Å². The molecule has 1 heterocycles. The summed E-state index contributed by atoms with van der Waals surface area (Å²) in [5.74, 6) is -0.654. The molecule has 7 nitrogen and oxygen atoms in total. The van der Waals surface area contributed by atoms with Crippen LogP contribution in [0.2, 0.25) is 0 Å². The summed E-state index contributed by atoms with van der Waals surface area (Å²) >= 11 is 4.49. The van der Waals surface area contributed by atoms with Crippen LogP contribution in [0.5, 0.6) is 5.75 Å². The number of carboxylic acids is 1. The van der Waals surface area contributed by atoms with E-state index in [1.54, 1.807) is 0 Å². The van der Waals surface area contributed by atoms with Crippen LogP contribution in [0.4, 0.5) is 0 Å². The van der Waals surface area contributed by atoms with E-state index < -0.39 is 11.2 Å². The highest BCUT2D eigenvalue weighted by Crippen LogP contribution is 2.26. The predicted octanol–water partition coefficient (Wildman–Crippen LogP) is 2.63. The summed E-state index contributed by atoms with van der Waals surface area (Å²) in [6.07, 6.45) is 1.37. The molecule has 1 saturated heterocycles. The molecule has 0 bridgehead atoms. The van der Waals surface area contributed by atoms with E-state index in [1.165, 1.54) is 6.21 Å². The van der Waals surface area contributed by atoms with Crippen molar-refractivity contribution in [1.82, 2.24) is 5.32 Å². The molecule has 2 N–H and O–H groups in total. The molecule has 0 aliphatic carbocycles. The number of hydrogen-bond donors (Lipinski definition) is 2. The molecule has 0 saturated carbocycles. The average molecular weight is 414 g/mol. The van der Waals surface area contributed by atoms with Gasteiger partial charge in [-0.2, -0.15) is 5.10 Å². The molecular formula is C15H16BrN3O4S. The van der Waals surface area contributed by atoms with Gasteiger partial charge < -0.3 is 15.2 Å². The first kappa shape index (κ1) is 18.5. The monoisotopic (exact) mass is 413 g/mol. The van der Waals surface area contributed by atoms with Crippen molar-refractivity contribution in [2.24, 2.45) is 10.2 Å². The lowest BCUT2D eigenvalue weighted by Gasteiger charge is -2.11. The first-order valence-electron chi connectivity index (χ1n) is 7.11. The lowest BCUT2D eigenvalue weighted by molar-refractivity contribution is -0.138. The molecule has 1 unspecified atom stereocenters. The number of halogens is 1. The number of carboxylic acid groups (broad SMARTS) is 1. The predicted molar refractivity (Wildman–Crippen MR) is 96.7 cm³/mol.